The number of pyridine rings is 1. The van der Waals surface area contributed by atoms with E-state index in [0.717, 1.165) is 17.0 Å². The minimum Gasteiger partial charge on any atom is -0.329 e. The van der Waals surface area contributed by atoms with Crippen LogP contribution in [-0.4, -0.2) is 14.4 Å². The maximum atomic E-state index is 6.20. The van der Waals surface area contributed by atoms with Gasteiger partial charge in [-0.1, -0.05) is 46.4 Å². The highest BCUT2D eigenvalue weighted by atomic mass is 79.9. The third-order valence-electron chi connectivity index (χ3n) is 3.47. The number of rotatable bonds is 3. The number of aromatic nitrogens is 3. The highest BCUT2D eigenvalue weighted by Crippen LogP contribution is 2.37. The van der Waals surface area contributed by atoms with E-state index in [1.165, 1.54) is 11.3 Å². The predicted molar refractivity (Wildman–Crippen MR) is 116 cm³/mol. The first-order chi connectivity index (χ1) is 12.0. The molecule has 0 unspecified atom stereocenters. The van der Waals surface area contributed by atoms with Crippen LogP contribution in [0.1, 0.15) is 0 Å². The second-order valence-electron chi connectivity index (χ2n) is 5.13. The molecule has 0 atom stereocenters. The van der Waals surface area contributed by atoms with Crippen LogP contribution in [0.25, 0.3) is 17.0 Å². The van der Waals surface area contributed by atoms with Crippen LogP contribution >= 0.6 is 74.7 Å². The fourth-order valence-corrected chi connectivity index (χ4v) is 4.14. The van der Waals surface area contributed by atoms with Gasteiger partial charge in [0.2, 0.25) is 0 Å². The molecule has 0 amide bonds. The normalized spacial score (nSPS) is 10.8. The molecule has 0 bridgehead atoms. The van der Waals surface area contributed by atoms with E-state index in [1.807, 2.05) is 15.8 Å². The first-order valence-corrected chi connectivity index (χ1v) is 9.40. The number of hydrogen-bond acceptors (Lipinski definition) is 4. The molecule has 1 aromatic carbocycles. The zero-order valence-corrected chi connectivity index (χ0v) is 18.3. The molecular weight excluding hydrogens is 502 g/mol. The molecule has 10 heteroatoms. The van der Waals surface area contributed by atoms with Gasteiger partial charge in [0, 0.05) is 16.6 Å². The fourth-order valence-electron chi connectivity index (χ4n) is 2.36. The first-order valence-electron chi connectivity index (χ1n) is 7.01. The summed E-state index contributed by atoms with van der Waals surface area (Å²) in [5, 5.41) is 7.66. The van der Waals surface area contributed by atoms with Crippen molar-refractivity contribution < 1.29 is 0 Å². The van der Waals surface area contributed by atoms with Crippen LogP contribution < -0.4 is 5.32 Å². The van der Waals surface area contributed by atoms with E-state index in [0.29, 0.717) is 30.9 Å². The number of nitrogens with zero attached hydrogens (tertiary/aromatic N) is 3. The second kappa shape index (κ2) is 7.92. The summed E-state index contributed by atoms with van der Waals surface area (Å²) in [6.07, 6.45) is 3.56. The van der Waals surface area contributed by atoms with E-state index >= 15 is 0 Å². The highest BCUT2D eigenvalue weighted by molar-refractivity contribution is 8.93. The molecule has 0 saturated heterocycles. The molecule has 0 aliphatic rings. The van der Waals surface area contributed by atoms with Crippen LogP contribution in [0.2, 0.25) is 20.1 Å². The molecule has 1 N–H and O–H groups in total. The van der Waals surface area contributed by atoms with Crippen molar-refractivity contribution in [3.8, 4) is 11.4 Å². The highest BCUT2D eigenvalue weighted by Gasteiger charge is 2.13. The van der Waals surface area contributed by atoms with Crippen molar-refractivity contribution in [1.82, 2.24) is 14.4 Å². The molecule has 0 aliphatic heterocycles. The van der Waals surface area contributed by atoms with Gasteiger partial charge < -0.3 is 5.32 Å². The summed E-state index contributed by atoms with van der Waals surface area (Å²) in [5.41, 5.74) is 2.97. The van der Waals surface area contributed by atoms with Gasteiger partial charge >= 0.3 is 0 Å². The number of hydrogen-bond donors (Lipinski definition) is 1. The number of nitrogens with one attached hydrogen (secondary N) is 1. The molecule has 0 radical (unpaired) electrons. The Balaban J connectivity index is 0.00000196. The third-order valence-corrected chi connectivity index (χ3v) is 5.27. The lowest BCUT2D eigenvalue weighted by Crippen LogP contribution is -1.93. The van der Waals surface area contributed by atoms with E-state index in [1.54, 1.807) is 30.6 Å². The van der Waals surface area contributed by atoms with Gasteiger partial charge in [0.1, 0.15) is 11.3 Å². The number of benzene rings is 1. The molecule has 0 spiro atoms. The fraction of sp³-hybridized carbons (Fsp3) is 0. The van der Waals surface area contributed by atoms with E-state index in [-0.39, 0.29) is 17.0 Å². The van der Waals surface area contributed by atoms with Gasteiger partial charge in [-0.05, 0) is 24.3 Å². The zero-order chi connectivity index (χ0) is 17.6. The van der Waals surface area contributed by atoms with E-state index < -0.39 is 0 Å². The van der Waals surface area contributed by atoms with Crippen molar-refractivity contribution in [1.29, 1.82) is 0 Å². The van der Waals surface area contributed by atoms with Crippen molar-refractivity contribution in [3.63, 3.8) is 0 Å². The van der Waals surface area contributed by atoms with Gasteiger partial charge in [0.05, 0.1) is 32.6 Å². The van der Waals surface area contributed by atoms with E-state index in [9.17, 15) is 0 Å². The Labute approximate surface area is 183 Å². The maximum Gasteiger partial charge on any atom is 0.187 e. The number of fused-ring (bicyclic) bond motifs is 1. The lowest BCUT2D eigenvalue weighted by atomic mass is 10.3. The number of imidazole rings is 1. The van der Waals surface area contributed by atoms with Crippen molar-refractivity contribution in [2.24, 2.45) is 0 Å². The monoisotopic (exact) mass is 508 g/mol. The Morgan fingerprint density at radius 2 is 1.73 bits per heavy atom. The second-order valence-corrected chi connectivity index (χ2v) is 7.67. The summed E-state index contributed by atoms with van der Waals surface area (Å²) in [6.45, 7) is 0. The number of thiazole rings is 1. The number of anilines is 2. The van der Waals surface area contributed by atoms with Crippen LogP contribution in [-0.2, 0) is 0 Å². The van der Waals surface area contributed by atoms with Crippen LogP contribution in [0, 0.1) is 0 Å². The molecular formula is C16H9BrCl4N4S. The Morgan fingerprint density at radius 3 is 2.46 bits per heavy atom. The number of halogens is 5. The van der Waals surface area contributed by atoms with Gasteiger partial charge in [-0.2, -0.15) is 0 Å². The Morgan fingerprint density at radius 1 is 1.00 bits per heavy atom. The molecule has 3 heterocycles. The van der Waals surface area contributed by atoms with Crippen LogP contribution in [0.4, 0.5) is 10.8 Å². The van der Waals surface area contributed by atoms with Gasteiger partial charge in [-0.15, -0.1) is 28.3 Å². The standard InChI is InChI=1S/C16H8Cl4N4S.BrH/c17-8-1-2-14-21-5-13(24(14)6-8)12-7-25-16(22-12)23-15-10(19)3-9(18)4-11(15)20;/h1-7H,(H,22,23);1H. The van der Waals surface area contributed by atoms with Gasteiger partial charge in [0.15, 0.2) is 5.13 Å². The quantitative estimate of drug-likeness (QED) is 0.312. The van der Waals surface area contributed by atoms with Crippen LogP contribution in [0.5, 0.6) is 0 Å². The largest absolute Gasteiger partial charge is 0.329 e. The third kappa shape index (κ3) is 3.81. The van der Waals surface area contributed by atoms with Crippen LogP contribution in [0.3, 0.4) is 0 Å². The molecule has 4 nitrogen and oxygen atoms in total. The molecule has 0 fully saturated rings. The van der Waals surface area contributed by atoms with E-state index in [4.69, 9.17) is 46.4 Å². The molecule has 26 heavy (non-hydrogen) atoms. The van der Waals surface area contributed by atoms with Crippen molar-refractivity contribution >= 4 is 91.2 Å². The summed E-state index contributed by atoms with van der Waals surface area (Å²) in [5.74, 6) is 0. The Bertz CT molecular complexity index is 1070. The van der Waals surface area contributed by atoms with Gasteiger partial charge in [0.25, 0.3) is 0 Å². The molecule has 3 aromatic heterocycles. The topological polar surface area (TPSA) is 42.2 Å². The summed E-state index contributed by atoms with van der Waals surface area (Å²) in [7, 11) is 0. The summed E-state index contributed by atoms with van der Waals surface area (Å²) in [4.78, 5) is 8.94. The molecule has 0 saturated carbocycles. The molecule has 4 rings (SSSR count). The van der Waals surface area contributed by atoms with E-state index in [2.05, 4.69) is 15.3 Å². The minimum absolute atomic E-state index is 0. The van der Waals surface area contributed by atoms with Crippen molar-refractivity contribution in [3.05, 3.63) is 62.1 Å². The zero-order valence-electron chi connectivity index (χ0n) is 12.7. The summed E-state index contributed by atoms with van der Waals surface area (Å²) < 4.78 is 1.89. The average Bonchev–Trinajstić information content (AvgIpc) is 3.16. The smallest absolute Gasteiger partial charge is 0.187 e. The SMILES string of the molecule is Br.Clc1cc(Cl)c(Nc2nc(-c3cnc4ccc(Cl)cn34)cs2)c(Cl)c1. The van der Waals surface area contributed by atoms with Crippen LogP contribution in [0.15, 0.2) is 42.0 Å². The van der Waals surface area contributed by atoms with Gasteiger partial charge in [-0.3, -0.25) is 4.40 Å². The average molecular weight is 511 g/mol. The molecule has 134 valence electrons. The lowest BCUT2D eigenvalue weighted by Gasteiger charge is -2.08. The summed E-state index contributed by atoms with van der Waals surface area (Å²) >= 11 is 25.8. The molecule has 0 aliphatic carbocycles. The first kappa shape index (κ1) is 19.7. The minimum atomic E-state index is 0. The maximum absolute atomic E-state index is 6.20. The Kier molecular flexibility index (Phi) is 6.01. The van der Waals surface area contributed by atoms with Gasteiger partial charge in [-0.25, -0.2) is 9.97 Å². The predicted octanol–water partition coefficient (Wildman–Crippen LogP) is 7.39. The lowest BCUT2D eigenvalue weighted by molar-refractivity contribution is 1.18. The van der Waals surface area contributed by atoms with Crippen molar-refractivity contribution in [2.45, 2.75) is 0 Å². The summed E-state index contributed by atoms with van der Waals surface area (Å²) in [6, 6.07) is 6.90. The van der Waals surface area contributed by atoms with Crippen molar-refractivity contribution in [2.75, 3.05) is 5.32 Å². The molecule has 4 aromatic rings. The Hall–Kier alpha value is -1.02.